The van der Waals surface area contributed by atoms with Gasteiger partial charge in [-0.2, -0.15) is 0 Å². The van der Waals surface area contributed by atoms with Crippen LogP contribution in [0.4, 0.5) is 0 Å². The second kappa shape index (κ2) is 9.84. The van der Waals surface area contributed by atoms with E-state index in [4.69, 9.17) is 4.74 Å². The van der Waals surface area contributed by atoms with Gasteiger partial charge >= 0.3 is 0 Å². The number of benzene rings is 2. The van der Waals surface area contributed by atoms with Gasteiger partial charge in [0, 0.05) is 17.1 Å². The molecule has 146 valence electrons. The molecule has 2 aromatic rings. The second-order valence-electron chi connectivity index (χ2n) is 7.31. The van der Waals surface area contributed by atoms with Crippen LogP contribution in [0.15, 0.2) is 41.3 Å². The van der Waals surface area contributed by atoms with E-state index in [2.05, 4.69) is 69.4 Å². The van der Waals surface area contributed by atoms with Gasteiger partial charge in [0.25, 0.3) is 0 Å². The summed E-state index contributed by atoms with van der Waals surface area (Å²) in [4.78, 5) is 13.6. The van der Waals surface area contributed by atoms with Gasteiger partial charge in [0.05, 0.1) is 13.2 Å². The van der Waals surface area contributed by atoms with Gasteiger partial charge in [-0.15, -0.1) is 11.8 Å². The molecule has 2 aromatic carbocycles. The fourth-order valence-electron chi connectivity index (χ4n) is 3.10. The molecule has 0 radical (unpaired) electrons. The maximum atomic E-state index is 12.4. The largest absolute Gasteiger partial charge is 0.496 e. The monoisotopic (exact) mass is 385 g/mol. The van der Waals surface area contributed by atoms with Crippen molar-refractivity contribution in [2.75, 3.05) is 12.9 Å². The molecule has 3 nitrogen and oxygen atoms in total. The maximum absolute atomic E-state index is 12.4. The van der Waals surface area contributed by atoms with E-state index in [1.807, 2.05) is 6.92 Å². The maximum Gasteiger partial charge on any atom is 0.221 e. The van der Waals surface area contributed by atoms with Crippen molar-refractivity contribution in [2.45, 2.75) is 57.9 Å². The van der Waals surface area contributed by atoms with Crippen LogP contribution in [-0.4, -0.2) is 18.8 Å². The number of hydrogen-bond donors (Lipinski definition) is 1. The van der Waals surface area contributed by atoms with Gasteiger partial charge in [-0.3, -0.25) is 4.79 Å². The Kier molecular flexibility index (Phi) is 7.78. The number of rotatable bonds is 8. The fraction of sp³-hybridized carbons (Fsp3) is 0.435. The summed E-state index contributed by atoms with van der Waals surface area (Å²) in [6, 6.07) is 12.6. The van der Waals surface area contributed by atoms with Crippen LogP contribution < -0.4 is 10.1 Å². The van der Waals surface area contributed by atoms with E-state index in [0.717, 1.165) is 22.6 Å². The Bertz CT molecular complexity index is 769. The fourth-order valence-corrected chi connectivity index (χ4v) is 3.95. The first-order valence-electron chi connectivity index (χ1n) is 9.49. The number of hydrogen-bond acceptors (Lipinski definition) is 3. The van der Waals surface area contributed by atoms with Crippen molar-refractivity contribution in [2.24, 2.45) is 0 Å². The van der Waals surface area contributed by atoms with E-state index >= 15 is 0 Å². The molecule has 0 saturated carbocycles. The molecule has 0 spiro atoms. The zero-order valence-electron chi connectivity index (χ0n) is 17.3. The lowest BCUT2D eigenvalue weighted by atomic mass is 9.93. The van der Waals surface area contributed by atoms with Crippen LogP contribution in [0.1, 0.15) is 61.4 Å². The van der Waals surface area contributed by atoms with E-state index in [9.17, 15) is 4.79 Å². The molecule has 1 N–H and O–H groups in total. The molecule has 0 saturated heterocycles. The first-order chi connectivity index (χ1) is 12.8. The molecule has 0 aliphatic carbocycles. The molecular formula is C23H31NO2S. The van der Waals surface area contributed by atoms with Crippen molar-refractivity contribution >= 4 is 17.7 Å². The summed E-state index contributed by atoms with van der Waals surface area (Å²) in [7, 11) is 1.71. The van der Waals surface area contributed by atoms with E-state index < -0.39 is 0 Å². The van der Waals surface area contributed by atoms with Crippen LogP contribution in [0.25, 0.3) is 0 Å². The van der Waals surface area contributed by atoms with Gasteiger partial charge in [-0.05, 0) is 67.6 Å². The lowest BCUT2D eigenvalue weighted by Gasteiger charge is -2.21. The quantitative estimate of drug-likeness (QED) is 0.584. The number of carbonyl (C=O) groups is 1. The Morgan fingerprint density at radius 3 is 2.33 bits per heavy atom. The third-order valence-electron chi connectivity index (χ3n) is 4.70. The number of aryl methyl sites for hydroxylation is 2. The molecule has 0 fully saturated rings. The van der Waals surface area contributed by atoms with Gasteiger partial charge in [0.2, 0.25) is 5.91 Å². The predicted octanol–water partition coefficient (Wildman–Crippen LogP) is 5.80. The summed E-state index contributed by atoms with van der Waals surface area (Å²) < 4.78 is 5.52. The molecule has 27 heavy (non-hydrogen) atoms. The van der Waals surface area contributed by atoms with Gasteiger partial charge in [-0.1, -0.05) is 31.5 Å². The van der Waals surface area contributed by atoms with Crippen molar-refractivity contribution in [3.8, 4) is 5.75 Å². The molecule has 0 heterocycles. The number of amides is 1. The number of thioether (sulfide) groups is 1. The van der Waals surface area contributed by atoms with Gasteiger partial charge < -0.3 is 10.1 Å². The Hall–Kier alpha value is -1.94. The molecule has 0 aliphatic rings. The highest BCUT2D eigenvalue weighted by molar-refractivity contribution is 7.99. The van der Waals surface area contributed by atoms with Crippen LogP contribution in [0.3, 0.4) is 0 Å². The van der Waals surface area contributed by atoms with E-state index in [-0.39, 0.29) is 11.9 Å². The highest BCUT2D eigenvalue weighted by atomic mass is 32.2. The molecule has 4 heteroatoms. The Morgan fingerprint density at radius 1 is 1.07 bits per heavy atom. The smallest absolute Gasteiger partial charge is 0.221 e. The minimum Gasteiger partial charge on any atom is -0.496 e. The summed E-state index contributed by atoms with van der Waals surface area (Å²) in [6.07, 6.45) is 0.509. The lowest BCUT2D eigenvalue weighted by Crippen LogP contribution is -2.27. The lowest BCUT2D eigenvalue weighted by molar-refractivity contribution is -0.121. The minimum atomic E-state index is -0.0229. The standard InChI is InChI=1S/C23H31NO2S/c1-15(2)20-14-21(17(4)13-22(20)26-6)18(5)24-23(25)11-12-27-19-9-7-16(3)8-10-19/h7-10,13-15,18H,11-12H2,1-6H3,(H,24,25). The van der Waals surface area contributed by atoms with Crippen LogP contribution in [0.2, 0.25) is 0 Å². The molecule has 0 bridgehead atoms. The van der Waals surface area contributed by atoms with Crippen LogP contribution in [-0.2, 0) is 4.79 Å². The van der Waals surface area contributed by atoms with Crippen molar-refractivity contribution in [3.05, 3.63) is 58.7 Å². The number of carbonyl (C=O) groups excluding carboxylic acids is 1. The number of ether oxygens (including phenoxy) is 1. The summed E-state index contributed by atoms with van der Waals surface area (Å²) in [5.74, 6) is 2.15. The van der Waals surface area contributed by atoms with E-state index in [1.54, 1.807) is 18.9 Å². The number of nitrogens with one attached hydrogen (secondary N) is 1. The van der Waals surface area contributed by atoms with Crippen molar-refractivity contribution in [1.82, 2.24) is 5.32 Å². The van der Waals surface area contributed by atoms with Crippen molar-refractivity contribution in [3.63, 3.8) is 0 Å². The highest BCUT2D eigenvalue weighted by Gasteiger charge is 2.16. The summed E-state index contributed by atoms with van der Waals surface area (Å²) in [5.41, 5.74) is 4.72. The number of methoxy groups -OCH3 is 1. The topological polar surface area (TPSA) is 38.3 Å². The van der Waals surface area contributed by atoms with E-state index in [1.165, 1.54) is 16.0 Å². The van der Waals surface area contributed by atoms with E-state index in [0.29, 0.717) is 12.3 Å². The third kappa shape index (κ3) is 6.03. The Labute approximate surface area is 167 Å². The van der Waals surface area contributed by atoms with Crippen LogP contribution >= 0.6 is 11.8 Å². The molecule has 0 aromatic heterocycles. The zero-order chi connectivity index (χ0) is 20.0. The summed E-state index contributed by atoms with van der Waals surface area (Å²) in [6.45, 7) is 10.5. The highest BCUT2D eigenvalue weighted by Crippen LogP contribution is 2.32. The third-order valence-corrected chi connectivity index (χ3v) is 5.72. The normalized spacial score (nSPS) is 12.1. The van der Waals surface area contributed by atoms with Crippen LogP contribution in [0.5, 0.6) is 5.75 Å². The van der Waals surface area contributed by atoms with Gasteiger partial charge in [-0.25, -0.2) is 0 Å². The molecule has 1 unspecified atom stereocenters. The average molecular weight is 386 g/mol. The molecule has 0 aliphatic heterocycles. The zero-order valence-corrected chi connectivity index (χ0v) is 18.1. The molecule has 1 atom stereocenters. The predicted molar refractivity (Wildman–Crippen MR) is 115 cm³/mol. The Balaban J connectivity index is 1.95. The van der Waals surface area contributed by atoms with Gasteiger partial charge in [0.1, 0.15) is 5.75 Å². The van der Waals surface area contributed by atoms with Gasteiger partial charge in [0.15, 0.2) is 0 Å². The van der Waals surface area contributed by atoms with Crippen molar-refractivity contribution in [1.29, 1.82) is 0 Å². The molecular weight excluding hydrogens is 354 g/mol. The van der Waals surface area contributed by atoms with Crippen molar-refractivity contribution < 1.29 is 9.53 Å². The van der Waals surface area contributed by atoms with Crippen LogP contribution in [0, 0.1) is 13.8 Å². The molecule has 2 rings (SSSR count). The Morgan fingerprint density at radius 2 is 1.74 bits per heavy atom. The summed E-state index contributed by atoms with van der Waals surface area (Å²) in [5, 5.41) is 3.14. The first kappa shape index (κ1) is 21.4. The summed E-state index contributed by atoms with van der Waals surface area (Å²) >= 11 is 1.72. The second-order valence-corrected chi connectivity index (χ2v) is 8.47. The average Bonchev–Trinajstić information content (AvgIpc) is 2.62. The first-order valence-corrected chi connectivity index (χ1v) is 10.5. The molecule has 1 amide bonds. The SMILES string of the molecule is COc1cc(C)c(C(C)NC(=O)CCSc2ccc(C)cc2)cc1C(C)C. The minimum absolute atomic E-state index is 0.0229.